The fourth-order valence-corrected chi connectivity index (χ4v) is 3.16. The average Bonchev–Trinajstić information content (AvgIpc) is 2.22. The molecule has 0 aromatic carbocycles. The van der Waals surface area contributed by atoms with Gasteiger partial charge in [0, 0.05) is 6.42 Å². The van der Waals surface area contributed by atoms with Crippen LogP contribution in [0.2, 0.25) is 18.1 Å². The molecule has 0 fully saturated rings. The number of carboxylic acids is 2. The smallest absolute Gasteiger partial charge is 0.331 e. The Morgan fingerprint density at radius 1 is 1.13 bits per heavy atom. The van der Waals surface area contributed by atoms with Crippen molar-refractivity contribution in [3.8, 4) is 0 Å². The van der Waals surface area contributed by atoms with Crippen LogP contribution >= 0.6 is 0 Å². The first-order valence-corrected chi connectivity index (χ1v) is 10.4. The molecule has 0 bridgehead atoms. The second-order valence-electron chi connectivity index (χ2n) is 7.17. The van der Waals surface area contributed by atoms with Gasteiger partial charge in [-0.1, -0.05) is 20.8 Å². The molecule has 0 aliphatic carbocycles. The third-order valence-corrected chi connectivity index (χ3v) is 8.47. The van der Waals surface area contributed by atoms with E-state index in [0.29, 0.717) is 6.08 Å². The lowest BCUT2D eigenvalue weighted by Crippen LogP contribution is -2.44. The molecule has 0 aliphatic rings. The van der Waals surface area contributed by atoms with E-state index in [-0.39, 0.29) is 23.6 Å². The maximum Gasteiger partial charge on any atom is 0.331 e. The fraction of sp³-hybridized carbons (Fsp3) is 0.733. The summed E-state index contributed by atoms with van der Waals surface area (Å²) in [6, 6.07) is 0. The summed E-state index contributed by atoms with van der Waals surface area (Å²) in [5.41, 5.74) is 0. The zero-order valence-electron chi connectivity index (χ0n) is 14.4. The first kappa shape index (κ1) is 21.6. The van der Waals surface area contributed by atoms with E-state index in [0.717, 1.165) is 0 Å². The maximum absolute atomic E-state index is 10.7. The molecule has 2 atom stereocenters. The molecule has 0 heterocycles. The van der Waals surface area contributed by atoms with E-state index in [1.165, 1.54) is 0 Å². The van der Waals surface area contributed by atoms with Gasteiger partial charge in [0.15, 0.2) is 8.32 Å². The Morgan fingerprint density at radius 2 is 1.65 bits per heavy atom. The predicted octanol–water partition coefficient (Wildman–Crippen LogP) is 2.52. The number of aliphatic hydroxyl groups excluding tert-OH is 2. The first-order chi connectivity index (χ1) is 10.2. The summed E-state index contributed by atoms with van der Waals surface area (Å²) in [6.07, 6.45) is -1.61. The monoisotopic (exact) mass is 348 g/mol. The van der Waals surface area contributed by atoms with Crippen molar-refractivity contribution in [1.82, 2.24) is 0 Å². The number of hydrogen-bond acceptors (Lipinski definition) is 5. The maximum atomic E-state index is 10.7. The van der Waals surface area contributed by atoms with Gasteiger partial charge in [0.05, 0.1) is 24.7 Å². The Bertz CT molecular complexity index is 451. The molecule has 0 amide bonds. The summed E-state index contributed by atoms with van der Waals surface area (Å²) in [7, 11) is -2.23. The Kier molecular flexibility index (Phi) is 7.95. The second kappa shape index (κ2) is 8.46. The summed E-state index contributed by atoms with van der Waals surface area (Å²) in [5, 5.41) is 36.8. The molecular formula is C15H28O7Si. The van der Waals surface area contributed by atoms with Gasteiger partial charge in [0.1, 0.15) is 5.76 Å². The lowest BCUT2D eigenvalue weighted by molar-refractivity contribution is -0.139. The van der Waals surface area contributed by atoms with Gasteiger partial charge in [-0.15, -0.1) is 0 Å². The van der Waals surface area contributed by atoms with Crippen molar-refractivity contribution in [2.24, 2.45) is 0 Å². The minimum absolute atomic E-state index is 0.0102. The van der Waals surface area contributed by atoms with Gasteiger partial charge in [0.25, 0.3) is 0 Å². The van der Waals surface area contributed by atoms with E-state index in [1.807, 2.05) is 33.9 Å². The standard InChI is InChI=1S/C15H28O7Si/c1-15(2,3)23(4,5)22-12(6-10(16)8-13(18)19)7-11(17)9-14(20)21/h8,11-12,16-17H,6-7,9H2,1-5H3,(H,18,19)(H,20,21)/t11-,12?/m0/s1. The third kappa shape index (κ3) is 8.73. The van der Waals surface area contributed by atoms with Crippen molar-refractivity contribution in [3.05, 3.63) is 11.8 Å². The molecule has 7 nitrogen and oxygen atoms in total. The minimum atomic E-state index is -2.23. The molecule has 4 N–H and O–H groups in total. The zero-order valence-corrected chi connectivity index (χ0v) is 15.4. The van der Waals surface area contributed by atoms with Gasteiger partial charge >= 0.3 is 11.9 Å². The first-order valence-electron chi connectivity index (χ1n) is 7.44. The van der Waals surface area contributed by atoms with Crippen LogP contribution < -0.4 is 0 Å². The summed E-state index contributed by atoms with van der Waals surface area (Å²) in [6.45, 7) is 10.0. The molecule has 0 saturated heterocycles. The Morgan fingerprint density at radius 3 is 2.04 bits per heavy atom. The van der Waals surface area contributed by atoms with E-state index in [9.17, 15) is 19.8 Å². The highest BCUT2D eigenvalue weighted by Gasteiger charge is 2.39. The van der Waals surface area contributed by atoms with Crippen molar-refractivity contribution in [1.29, 1.82) is 0 Å². The number of hydrogen-bond donors (Lipinski definition) is 4. The number of carbonyl (C=O) groups is 2. The highest BCUT2D eigenvalue weighted by molar-refractivity contribution is 6.74. The normalized spacial score (nSPS) is 16.0. The zero-order chi connectivity index (χ0) is 18.4. The van der Waals surface area contributed by atoms with E-state index < -0.39 is 38.9 Å². The molecule has 8 heteroatoms. The molecule has 0 aliphatic heterocycles. The van der Waals surface area contributed by atoms with Gasteiger partial charge in [-0.3, -0.25) is 4.79 Å². The Labute approximate surface area is 137 Å². The molecule has 0 aromatic heterocycles. The summed E-state index contributed by atoms with van der Waals surface area (Å²) >= 11 is 0. The van der Waals surface area contributed by atoms with Crippen molar-refractivity contribution in [2.45, 2.75) is 70.4 Å². The second-order valence-corrected chi connectivity index (χ2v) is 11.9. The van der Waals surface area contributed by atoms with Crippen molar-refractivity contribution < 1.29 is 34.4 Å². The van der Waals surface area contributed by atoms with Crippen LogP contribution in [0.15, 0.2) is 11.8 Å². The van der Waals surface area contributed by atoms with Crippen LogP contribution in [0.25, 0.3) is 0 Å². The average molecular weight is 348 g/mol. The largest absolute Gasteiger partial charge is 0.512 e. The van der Waals surface area contributed by atoms with Crippen LogP contribution in [0, 0.1) is 0 Å². The highest BCUT2D eigenvalue weighted by atomic mass is 28.4. The number of carboxylic acid groups (broad SMARTS) is 2. The lowest BCUT2D eigenvalue weighted by Gasteiger charge is -2.39. The molecule has 0 aromatic rings. The fourth-order valence-electron chi connectivity index (χ4n) is 1.79. The van der Waals surface area contributed by atoms with Gasteiger partial charge in [-0.25, -0.2) is 4.79 Å². The molecule has 1 unspecified atom stereocenters. The van der Waals surface area contributed by atoms with Crippen molar-refractivity contribution in [2.75, 3.05) is 0 Å². The summed E-state index contributed by atoms with van der Waals surface area (Å²) in [5.74, 6) is -2.78. The van der Waals surface area contributed by atoms with Crippen LogP contribution in [0.4, 0.5) is 0 Å². The van der Waals surface area contributed by atoms with Crippen LogP contribution in [0.1, 0.15) is 40.0 Å². The van der Waals surface area contributed by atoms with Crippen LogP contribution in [-0.2, 0) is 14.0 Å². The van der Waals surface area contributed by atoms with Gasteiger partial charge in [-0.05, 0) is 24.6 Å². The number of aliphatic hydroxyl groups is 2. The van der Waals surface area contributed by atoms with Crippen LogP contribution in [-0.4, -0.2) is 52.9 Å². The SMILES string of the molecule is CC(C)(C)[Si](C)(C)OC(CC(O)=CC(=O)O)C[C@H](O)CC(=O)O. The molecule has 134 valence electrons. The van der Waals surface area contributed by atoms with Crippen molar-refractivity contribution >= 4 is 20.3 Å². The van der Waals surface area contributed by atoms with Gasteiger partial charge in [0.2, 0.25) is 0 Å². The van der Waals surface area contributed by atoms with E-state index in [2.05, 4.69) is 0 Å². The third-order valence-electron chi connectivity index (χ3n) is 3.94. The topological polar surface area (TPSA) is 124 Å². The Hall–Kier alpha value is -1.38. The van der Waals surface area contributed by atoms with Gasteiger partial charge < -0.3 is 24.9 Å². The minimum Gasteiger partial charge on any atom is -0.512 e. The molecular weight excluding hydrogens is 320 g/mol. The van der Waals surface area contributed by atoms with E-state index in [1.54, 1.807) is 0 Å². The van der Waals surface area contributed by atoms with Crippen LogP contribution in [0.5, 0.6) is 0 Å². The quantitative estimate of drug-likeness (QED) is 0.287. The number of aliphatic carboxylic acids is 2. The van der Waals surface area contributed by atoms with Crippen molar-refractivity contribution in [3.63, 3.8) is 0 Å². The van der Waals surface area contributed by atoms with Gasteiger partial charge in [-0.2, -0.15) is 0 Å². The summed E-state index contributed by atoms with van der Waals surface area (Å²) < 4.78 is 6.10. The molecule has 0 spiro atoms. The number of rotatable bonds is 9. The Balaban J connectivity index is 5.14. The van der Waals surface area contributed by atoms with E-state index >= 15 is 0 Å². The predicted molar refractivity (Wildman–Crippen MR) is 87.9 cm³/mol. The molecule has 0 rings (SSSR count). The van der Waals surface area contributed by atoms with Crippen LogP contribution in [0.3, 0.4) is 0 Å². The molecule has 0 radical (unpaired) electrons. The molecule has 0 saturated carbocycles. The summed E-state index contributed by atoms with van der Waals surface area (Å²) in [4.78, 5) is 21.3. The highest BCUT2D eigenvalue weighted by Crippen LogP contribution is 2.38. The lowest BCUT2D eigenvalue weighted by atomic mass is 10.1. The molecule has 23 heavy (non-hydrogen) atoms. The van der Waals surface area contributed by atoms with E-state index in [4.69, 9.17) is 14.6 Å².